The molecular formula is C23H17ClFNO5S2. The van der Waals surface area contributed by atoms with Crippen LogP contribution in [-0.4, -0.2) is 31.6 Å². The molecule has 0 aliphatic carbocycles. The maximum atomic E-state index is 14.9. The SMILES string of the molecule is Cc1ccc2c(c1)NC(=O)C(c1ccc(CC(=O)CS(=O)(=O)c3ccc(Cl)s3)cc1F)C2=O. The van der Waals surface area contributed by atoms with E-state index < -0.39 is 44.8 Å². The number of nitrogens with one attached hydrogen (secondary N) is 1. The van der Waals surface area contributed by atoms with Gasteiger partial charge in [-0.05, 0) is 48.4 Å². The number of carbonyl (C=O) groups is 3. The molecular weight excluding hydrogens is 489 g/mol. The Morgan fingerprint density at radius 1 is 1.12 bits per heavy atom. The third-order valence-electron chi connectivity index (χ3n) is 5.21. The number of sulfone groups is 1. The summed E-state index contributed by atoms with van der Waals surface area (Å²) < 4.78 is 39.9. The standard InChI is InChI=1S/C23H17ClFNO5S2/c1-12-2-4-16-18(8-12)26-23(29)21(22(16)28)15-5-3-13(10-17(15)25)9-14(27)11-33(30,31)20-7-6-19(24)32-20/h2-8,10,21H,9,11H2,1H3,(H,26,29). The maximum absolute atomic E-state index is 14.9. The van der Waals surface area contributed by atoms with Crippen molar-refractivity contribution in [1.29, 1.82) is 0 Å². The second kappa shape index (κ2) is 8.81. The van der Waals surface area contributed by atoms with Gasteiger partial charge in [0.25, 0.3) is 0 Å². The number of rotatable bonds is 6. The van der Waals surface area contributed by atoms with E-state index in [4.69, 9.17) is 11.6 Å². The van der Waals surface area contributed by atoms with Crippen molar-refractivity contribution in [3.63, 3.8) is 0 Å². The van der Waals surface area contributed by atoms with Gasteiger partial charge in [0.05, 0.1) is 10.0 Å². The van der Waals surface area contributed by atoms with Gasteiger partial charge in [0.1, 0.15) is 21.7 Å². The van der Waals surface area contributed by atoms with E-state index in [1.54, 1.807) is 18.2 Å². The molecule has 0 fully saturated rings. The van der Waals surface area contributed by atoms with Crippen molar-refractivity contribution in [1.82, 2.24) is 0 Å². The summed E-state index contributed by atoms with van der Waals surface area (Å²) in [6, 6.07) is 11.5. The molecule has 1 aromatic heterocycles. The minimum Gasteiger partial charge on any atom is -0.324 e. The molecule has 1 atom stereocenters. The average molecular weight is 506 g/mol. The van der Waals surface area contributed by atoms with Crippen molar-refractivity contribution in [2.75, 3.05) is 11.1 Å². The number of carbonyl (C=O) groups excluding carboxylic acids is 3. The smallest absolute Gasteiger partial charge is 0.239 e. The molecule has 2 heterocycles. The molecule has 0 saturated heterocycles. The highest BCUT2D eigenvalue weighted by Gasteiger charge is 2.37. The maximum Gasteiger partial charge on any atom is 0.239 e. The summed E-state index contributed by atoms with van der Waals surface area (Å²) in [6.45, 7) is 1.82. The van der Waals surface area contributed by atoms with E-state index in [0.717, 1.165) is 23.0 Å². The second-order valence-corrected chi connectivity index (χ2v) is 11.7. The summed E-state index contributed by atoms with van der Waals surface area (Å²) in [7, 11) is -3.85. The molecule has 0 spiro atoms. The lowest BCUT2D eigenvalue weighted by Gasteiger charge is -2.24. The third-order valence-corrected chi connectivity index (χ3v) is 8.69. The van der Waals surface area contributed by atoms with Gasteiger partial charge in [-0.1, -0.05) is 29.8 Å². The first-order chi connectivity index (χ1) is 15.5. The topological polar surface area (TPSA) is 97.4 Å². The molecule has 1 aliphatic rings. The zero-order valence-corrected chi connectivity index (χ0v) is 19.6. The highest BCUT2D eigenvalue weighted by Crippen LogP contribution is 2.33. The second-order valence-electron chi connectivity index (χ2n) is 7.72. The van der Waals surface area contributed by atoms with Crippen LogP contribution in [0, 0.1) is 12.7 Å². The number of hydrogen-bond acceptors (Lipinski definition) is 6. The van der Waals surface area contributed by atoms with Gasteiger partial charge in [-0.3, -0.25) is 14.4 Å². The summed E-state index contributed by atoms with van der Waals surface area (Å²) in [5, 5.41) is 2.64. The van der Waals surface area contributed by atoms with Gasteiger partial charge in [0.15, 0.2) is 21.4 Å². The lowest BCUT2D eigenvalue weighted by Crippen LogP contribution is -2.34. The predicted octanol–water partition coefficient (Wildman–Crippen LogP) is 4.35. The summed E-state index contributed by atoms with van der Waals surface area (Å²) in [4.78, 5) is 37.8. The van der Waals surface area contributed by atoms with Crippen molar-refractivity contribution in [3.05, 3.63) is 80.9 Å². The van der Waals surface area contributed by atoms with Gasteiger partial charge >= 0.3 is 0 Å². The molecule has 33 heavy (non-hydrogen) atoms. The third kappa shape index (κ3) is 4.75. The summed E-state index contributed by atoms with van der Waals surface area (Å²) in [6.07, 6.45) is -0.317. The molecule has 6 nitrogen and oxygen atoms in total. The van der Waals surface area contributed by atoms with Gasteiger partial charge in [-0.2, -0.15) is 0 Å². The molecule has 1 unspecified atom stereocenters. The van der Waals surface area contributed by atoms with Crippen molar-refractivity contribution in [2.45, 2.75) is 23.5 Å². The predicted molar refractivity (Wildman–Crippen MR) is 123 cm³/mol. The number of benzene rings is 2. The van der Waals surface area contributed by atoms with Crippen LogP contribution in [0.3, 0.4) is 0 Å². The molecule has 0 bridgehead atoms. The largest absolute Gasteiger partial charge is 0.324 e. The number of thiophene rings is 1. The van der Waals surface area contributed by atoms with Crippen LogP contribution in [0.4, 0.5) is 10.1 Å². The van der Waals surface area contributed by atoms with Crippen LogP contribution in [0.1, 0.15) is 33.0 Å². The quantitative estimate of drug-likeness (QED) is 0.502. The van der Waals surface area contributed by atoms with E-state index in [-0.39, 0.29) is 26.1 Å². The van der Waals surface area contributed by atoms with Crippen molar-refractivity contribution >= 4 is 55.9 Å². The fourth-order valence-electron chi connectivity index (χ4n) is 3.68. The monoisotopic (exact) mass is 505 g/mol. The fraction of sp³-hybridized carbons (Fsp3) is 0.174. The minimum atomic E-state index is -3.85. The molecule has 3 aromatic rings. The summed E-state index contributed by atoms with van der Waals surface area (Å²) >= 11 is 6.61. The Kier molecular flexibility index (Phi) is 6.22. The highest BCUT2D eigenvalue weighted by atomic mass is 35.5. The summed E-state index contributed by atoms with van der Waals surface area (Å²) in [5.74, 6) is -4.69. The van der Waals surface area contributed by atoms with Crippen LogP contribution in [0.25, 0.3) is 0 Å². The first-order valence-corrected chi connectivity index (χ1v) is 12.6. The molecule has 4 rings (SSSR count). The van der Waals surface area contributed by atoms with Gasteiger partial charge in [0, 0.05) is 17.5 Å². The van der Waals surface area contributed by atoms with E-state index >= 15 is 0 Å². The van der Waals surface area contributed by atoms with E-state index in [1.165, 1.54) is 24.3 Å². The Labute approximate surface area is 198 Å². The molecule has 1 amide bonds. The van der Waals surface area contributed by atoms with Crippen LogP contribution < -0.4 is 5.32 Å². The van der Waals surface area contributed by atoms with Crippen molar-refractivity contribution < 1.29 is 27.2 Å². The minimum absolute atomic E-state index is 0.0142. The van der Waals surface area contributed by atoms with Gasteiger partial charge in [0.2, 0.25) is 5.91 Å². The van der Waals surface area contributed by atoms with E-state index in [1.807, 2.05) is 6.92 Å². The van der Waals surface area contributed by atoms with Crippen LogP contribution in [0.15, 0.2) is 52.7 Å². The van der Waals surface area contributed by atoms with E-state index in [0.29, 0.717) is 11.3 Å². The first kappa shape index (κ1) is 23.3. The number of fused-ring (bicyclic) bond motifs is 1. The Morgan fingerprint density at radius 3 is 2.55 bits per heavy atom. The normalized spacial score (nSPS) is 15.8. The van der Waals surface area contributed by atoms with Crippen molar-refractivity contribution in [3.8, 4) is 0 Å². The number of anilines is 1. The van der Waals surface area contributed by atoms with Crippen LogP contribution in [0.2, 0.25) is 4.34 Å². The van der Waals surface area contributed by atoms with Crippen molar-refractivity contribution in [2.24, 2.45) is 0 Å². The Morgan fingerprint density at radius 2 is 1.88 bits per heavy atom. The van der Waals surface area contributed by atoms with Gasteiger partial charge in [-0.15, -0.1) is 11.3 Å². The first-order valence-electron chi connectivity index (χ1n) is 9.79. The molecule has 1 N–H and O–H groups in total. The van der Waals surface area contributed by atoms with Crippen LogP contribution >= 0.6 is 22.9 Å². The highest BCUT2D eigenvalue weighted by molar-refractivity contribution is 7.94. The van der Waals surface area contributed by atoms with Gasteiger partial charge < -0.3 is 5.32 Å². The number of Topliss-reactive ketones (excluding diaryl/α,β-unsaturated/α-hetero) is 2. The molecule has 2 aromatic carbocycles. The lowest BCUT2D eigenvalue weighted by atomic mass is 9.85. The van der Waals surface area contributed by atoms with E-state index in [9.17, 15) is 27.2 Å². The van der Waals surface area contributed by atoms with Gasteiger partial charge in [-0.25, -0.2) is 12.8 Å². The molecule has 0 saturated carbocycles. The zero-order chi connectivity index (χ0) is 23.9. The molecule has 0 radical (unpaired) electrons. The molecule has 10 heteroatoms. The Balaban J connectivity index is 1.52. The summed E-state index contributed by atoms with van der Waals surface area (Å²) in [5.41, 5.74) is 1.67. The number of aryl methyl sites for hydroxylation is 1. The number of amides is 1. The number of halogens is 2. The van der Waals surface area contributed by atoms with Crippen LogP contribution in [0.5, 0.6) is 0 Å². The Hall–Kier alpha value is -2.88. The number of hydrogen-bond donors (Lipinski definition) is 1. The molecule has 1 aliphatic heterocycles. The Bertz CT molecular complexity index is 1410. The fourth-order valence-corrected chi connectivity index (χ4v) is 6.49. The van der Waals surface area contributed by atoms with E-state index in [2.05, 4.69) is 5.32 Å². The number of ketones is 2. The van der Waals surface area contributed by atoms with Crippen LogP contribution in [-0.2, 0) is 25.8 Å². The molecule has 170 valence electrons. The zero-order valence-electron chi connectivity index (χ0n) is 17.2. The average Bonchev–Trinajstić information content (AvgIpc) is 3.16. The lowest BCUT2D eigenvalue weighted by molar-refractivity contribution is -0.117.